The van der Waals surface area contributed by atoms with Crippen LogP contribution in [0.4, 0.5) is 0 Å². The lowest BCUT2D eigenvalue weighted by molar-refractivity contribution is 0.0521. The number of fused-ring (bicyclic) bond motifs is 1. The highest BCUT2D eigenvalue weighted by atomic mass is 35.5. The van der Waals surface area contributed by atoms with E-state index in [4.69, 9.17) is 21.1 Å². The Kier molecular flexibility index (Phi) is 4.71. The van der Waals surface area contributed by atoms with Crippen LogP contribution < -0.4 is 10.3 Å². The molecular formula is C16H15ClN4O4. The van der Waals surface area contributed by atoms with Crippen LogP contribution in [0.5, 0.6) is 5.75 Å². The lowest BCUT2D eigenvalue weighted by Crippen LogP contribution is -2.17. The second kappa shape index (κ2) is 6.94. The van der Waals surface area contributed by atoms with Gasteiger partial charge in [0, 0.05) is 6.07 Å². The van der Waals surface area contributed by atoms with Crippen molar-refractivity contribution in [2.75, 3.05) is 6.61 Å². The van der Waals surface area contributed by atoms with Crippen molar-refractivity contribution < 1.29 is 14.3 Å². The summed E-state index contributed by atoms with van der Waals surface area (Å²) >= 11 is 6.08. The second-order valence-corrected chi connectivity index (χ2v) is 5.56. The molecule has 2 heterocycles. The van der Waals surface area contributed by atoms with Gasteiger partial charge in [0.25, 0.3) is 11.3 Å². The quantitative estimate of drug-likeness (QED) is 0.698. The molecule has 0 saturated carbocycles. The van der Waals surface area contributed by atoms with Gasteiger partial charge in [-0.3, -0.25) is 9.89 Å². The third-order valence-electron chi connectivity index (χ3n) is 3.33. The number of nitrogens with zero attached hydrogens (tertiary/aromatic N) is 3. The number of halogens is 1. The van der Waals surface area contributed by atoms with Crippen LogP contribution in [-0.4, -0.2) is 32.2 Å². The molecule has 0 spiro atoms. The van der Waals surface area contributed by atoms with Gasteiger partial charge in [-0.2, -0.15) is 9.50 Å². The van der Waals surface area contributed by atoms with E-state index in [1.54, 1.807) is 32.0 Å². The summed E-state index contributed by atoms with van der Waals surface area (Å²) in [6.07, 6.45) is 0. The number of carbonyl (C=O) groups is 1. The molecule has 130 valence electrons. The van der Waals surface area contributed by atoms with Crippen LogP contribution in [-0.2, 0) is 11.3 Å². The maximum atomic E-state index is 12.1. The van der Waals surface area contributed by atoms with E-state index < -0.39 is 5.97 Å². The van der Waals surface area contributed by atoms with Crippen LogP contribution in [0, 0.1) is 6.92 Å². The number of aromatic amines is 1. The van der Waals surface area contributed by atoms with Crippen LogP contribution >= 0.6 is 11.6 Å². The molecule has 0 amide bonds. The van der Waals surface area contributed by atoms with E-state index in [1.807, 2.05) is 0 Å². The number of ether oxygens (including phenoxy) is 2. The lowest BCUT2D eigenvalue weighted by atomic mass is 10.2. The molecule has 1 aromatic carbocycles. The monoisotopic (exact) mass is 362 g/mol. The zero-order valence-corrected chi connectivity index (χ0v) is 14.3. The number of benzene rings is 1. The third-order valence-corrected chi connectivity index (χ3v) is 3.64. The molecule has 0 aliphatic carbocycles. The molecule has 9 heteroatoms. The fourth-order valence-electron chi connectivity index (χ4n) is 2.28. The highest BCUT2D eigenvalue weighted by Gasteiger charge is 2.18. The van der Waals surface area contributed by atoms with E-state index in [2.05, 4.69) is 15.1 Å². The van der Waals surface area contributed by atoms with Gasteiger partial charge in [0.15, 0.2) is 0 Å². The molecule has 0 saturated heterocycles. The Morgan fingerprint density at radius 2 is 2.16 bits per heavy atom. The average molecular weight is 363 g/mol. The highest BCUT2D eigenvalue weighted by molar-refractivity contribution is 6.34. The first-order chi connectivity index (χ1) is 12.0. The number of hydrogen-bond acceptors (Lipinski definition) is 6. The minimum absolute atomic E-state index is 0.0234. The topological polar surface area (TPSA) is 98.6 Å². The number of aryl methyl sites for hydroxylation is 1. The first-order valence-electron chi connectivity index (χ1n) is 7.53. The largest absolute Gasteiger partial charge is 0.486 e. The fraction of sp³-hybridized carbons (Fsp3) is 0.250. The summed E-state index contributed by atoms with van der Waals surface area (Å²) in [6, 6.07) is 6.16. The molecule has 0 unspecified atom stereocenters. The summed E-state index contributed by atoms with van der Waals surface area (Å²) in [5.74, 6) is 0.503. The molecule has 0 bridgehead atoms. The van der Waals surface area contributed by atoms with Gasteiger partial charge in [0.1, 0.15) is 23.7 Å². The Morgan fingerprint density at radius 3 is 2.92 bits per heavy atom. The van der Waals surface area contributed by atoms with Crippen LogP contribution in [0.3, 0.4) is 0 Å². The summed E-state index contributed by atoms with van der Waals surface area (Å²) in [5.41, 5.74) is 0.214. The Hall–Kier alpha value is -2.87. The predicted molar refractivity (Wildman–Crippen MR) is 90.1 cm³/mol. The van der Waals surface area contributed by atoms with Gasteiger partial charge in [0.05, 0.1) is 17.3 Å². The first-order valence-corrected chi connectivity index (χ1v) is 7.91. The molecule has 3 aromatic rings. The van der Waals surface area contributed by atoms with Crippen molar-refractivity contribution in [1.29, 1.82) is 0 Å². The second-order valence-electron chi connectivity index (χ2n) is 5.15. The van der Waals surface area contributed by atoms with Gasteiger partial charge >= 0.3 is 5.97 Å². The fourth-order valence-corrected chi connectivity index (χ4v) is 2.53. The van der Waals surface area contributed by atoms with Crippen LogP contribution in [0.25, 0.3) is 5.78 Å². The predicted octanol–water partition coefficient (Wildman–Crippen LogP) is 2.14. The van der Waals surface area contributed by atoms with Crippen LogP contribution in [0.15, 0.2) is 29.1 Å². The summed E-state index contributed by atoms with van der Waals surface area (Å²) in [6.45, 7) is 3.62. The minimum Gasteiger partial charge on any atom is -0.486 e. The Morgan fingerprint density at radius 1 is 1.36 bits per heavy atom. The maximum Gasteiger partial charge on any atom is 0.343 e. The third kappa shape index (κ3) is 3.48. The number of H-pyrrole nitrogens is 1. The van der Waals surface area contributed by atoms with Crippen molar-refractivity contribution >= 4 is 23.3 Å². The van der Waals surface area contributed by atoms with E-state index in [1.165, 1.54) is 10.6 Å². The normalized spacial score (nSPS) is 10.8. The lowest BCUT2D eigenvalue weighted by Gasteiger charge is -2.11. The van der Waals surface area contributed by atoms with Gasteiger partial charge in [-0.25, -0.2) is 9.78 Å². The number of rotatable bonds is 5. The van der Waals surface area contributed by atoms with E-state index >= 15 is 0 Å². The van der Waals surface area contributed by atoms with Crippen LogP contribution in [0.1, 0.15) is 28.8 Å². The van der Waals surface area contributed by atoms with Gasteiger partial charge < -0.3 is 9.47 Å². The summed E-state index contributed by atoms with van der Waals surface area (Å²) in [7, 11) is 0. The molecule has 0 aliphatic rings. The van der Waals surface area contributed by atoms with E-state index in [0.717, 1.165) is 0 Å². The van der Waals surface area contributed by atoms with Crippen molar-refractivity contribution in [3.63, 3.8) is 0 Å². The molecular weight excluding hydrogens is 348 g/mol. The molecule has 3 rings (SSSR count). The Labute approximate surface area is 147 Å². The van der Waals surface area contributed by atoms with E-state index in [9.17, 15) is 9.59 Å². The van der Waals surface area contributed by atoms with Crippen molar-refractivity contribution in [2.45, 2.75) is 20.5 Å². The maximum absolute atomic E-state index is 12.1. The Balaban J connectivity index is 1.88. The number of nitrogens with one attached hydrogen (secondary N) is 1. The Bertz CT molecular complexity index is 995. The number of hydrogen-bond donors (Lipinski definition) is 1. The minimum atomic E-state index is -0.575. The molecule has 1 N–H and O–H groups in total. The summed E-state index contributed by atoms with van der Waals surface area (Å²) < 4.78 is 11.9. The van der Waals surface area contributed by atoms with Crippen molar-refractivity contribution in [3.8, 4) is 5.75 Å². The van der Waals surface area contributed by atoms with Gasteiger partial charge in [-0.1, -0.05) is 17.7 Å². The molecule has 2 aromatic heterocycles. The zero-order chi connectivity index (χ0) is 18.0. The van der Waals surface area contributed by atoms with Crippen LogP contribution in [0.2, 0.25) is 5.02 Å². The van der Waals surface area contributed by atoms with Crippen molar-refractivity contribution in [3.05, 3.63) is 56.7 Å². The van der Waals surface area contributed by atoms with E-state index in [-0.39, 0.29) is 40.9 Å². The van der Waals surface area contributed by atoms with Gasteiger partial charge in [-0.15, -0.1) is 0 Å². The first kappa shape index (κ1) is 17.0. The molecule has 25 heavy (non-hydrogen) atoms. The zero-order valence-electron chi connectivity index (χ0n) is 13.6. The molecule has 0 aliphatic heterocycles. The molecule has 0 fully saturated rings. The summed E-state index contributed by atoms with van der Waals surface area (Å²) in [4.78, 5) is 32.5. The molecule has 0 atom stereocenters. The van der Waals surface area contributed by atoms with E-state index in [0.29, 0.717) is 11.5 Å². The summed E-state index contributed by atoms with van der Waals surface area (Å²) in [5, 5.41) is 3.01. The average Bonchev–Trinajstić information content (AvgIpc) is 2.94. The van der Waals surface area contributed by atoms with Gasteiger partial charge in [0.2, 0.25) is 0 Å². The number of esters is 1. The smallest absolute Gasteiger partial charge is 0.343 e. The number of carbonyl (C=O) groups excluding carboxylic acids is 1. The number of aromatic nitrogens is 4. The molecule has 8 nitrogen and oxygen atoms in total. The highest BCUT2D eigenvalue weighted by Crippen LogP contribution is 2.27. The SMILES string of the molecule is CCOC(=O)c1c(Cl)cccc1OCc1cc(=O)n2[nH]c(C)nc2n1. The van der Waals surface area contributed by atoms with Crippen molar-refractivity contribution in [1.82, 2.24) is 19.6 Å². The molecule has 0 radical (unpaired) electrons. The van der Waals surface area contributed by atoms with Gasteiger partial charge in [-0.05, 0) is 26.0 Å². The standard InChI is InChI=1S/C16H15ClN4O4/c1-3-24-15(23)14-11(17)5-4-6-12(14)25-8-10-7-13(22)21-16(19-10)18-9(2)20-21/h4-7H,3,8H2,1-2H3,(H,18,19,20). The van der Waals surface area contributed by atoms with Crippen molar-refractivity contribution in [2.24, 2.45) is 0 Å².